The van der Waals surface area contributed by atoms with Crippen molar-refractivity contribution >= 4 is 11.8 Å². The largest absolute Gasteiger partial charge is 0.394 e. The van der Waals surface area contributed by atoms with Crippen LogP contribution in [0.25, 0.3) is 22.8 Å². The normalized spacial score (nSPS) is 31.3. The predicted octanol–water partition coefficient (Wildman–Crippen LogP) is -1.06. The second-order valence-electron chi connectivity index (χ2n) is 10.7. The fourth-order valence-electron chi connectivity index (χ4n) is 5.35. The maximum absolute atomic E-state index is 13.8. The molecule has 2 aliphatic rings. The monoisotopic (exact) mass is 686 g/mol. The molecular formula is C26H26F4N8O8S. The number of benzene rings is 1. The average Bonchev–Trinajstić information content (AvgIpc) is 3.74. The third-order valence-corrected chi connectivity index (χ3v) is 9.04. The van der Waals surface area contributed by atoms with Crippen molar-refractivity contribution in [3.8, 4) is 22.8 Å². The Labute approximate surface area is 265 Å². The van der Waals surface area contributed by atoms with Gasteiger partial charge in [0.05, 0.1) is 38.0 Å². The molecule has 252 valence electrons. The molecule has 0 aliphatic carbocycles. The Kier molecular flexibility index (Phi) is 9.51. The SMILES string of the molecule is OCC1O[C@@H](SC2O[C@H](CO)C(O)C(n3cc(-c4ncc(F)cn4)nn3)[C@H]2O)[C@@H](O)C(n2cc(-c3cc(F)c(F)c(F)c3)nn2)[C@H]1O. The van der Waals surface area contributed by atoms with Crippen molar-refractivity contribution < 1.29 is 57.7 Å². The summed E-state index contributed by atoms with van der Waals surface area (Å²) in [5, 5.41) is 79.9. The molecule has 0 radical (unpaired) electrons. The molecule has 6 rings (SSSR count). The van der Waals surface area contributed by atoms with Gasteiger partial charge in [-0.1, -0.05) is 22.2 Å². The first-order valence-corrected chi connectivity index (χ1v) is 14.8. The van der Waals surface area contributed by atoms with Gasteiger partial charge in [0.1, 0.15) is 71.0 Å². The van der Waals surface area contributed by atoms with E-state index in [1.165, 1.54) is 6.20 Å². The molecule has 2 fully saturated rings. The van der Waals surface area contributed by atoms with Gasteiger partial charge in [0.15, 0.2) is 29.1 Å². The highest BCUT2D eigenvalue weighted by Crippen LogP contribution is 2.42. The molecule has 5 heterocycles. The van der Waals surface area contributed by atoms with Crippen LogP contribution >= 0.6 is 11.8 Å². The Hall–Kier alpha value is -3.67. The molecule has 0 saturated carbocycles. The Morgan fingerprint density at radius 2 is 1.17 bits per heavy atom. The highest BCUT2D eigenvalue weighted by Gasteiger charge is 2.51. The number of halogens is 4. The van der Waals surface area contributed by atoms with Crippen LogP contribution in [0.5, 0.6) is 0 Å². The summed E-state index contributed by atoms with van der Waals surface area (Å²) in [5.74, 6) is -5.31. The molecule has 4 aromatic rings. The fourth-order valence-corrected chi connectivity index (χ4v) is 6.67. The van der Waals surface area contributed by atoms with Gasteiger partial charge >= 0.3 is 0 Å². The van der Waals surface area contributed by atoms with E-state index in [2.05, 4.69) is 30.6 Å². The van der Waals surface area contributed by atoms with Crippen LogP contribution in [0.2, 0.25) is 0 Å². The van der Waals surface area contributed by atoms with Crippen LogP contribution in [-0.2, 0) is 9.47 Å². The minimum absolute atomic E-state index is 0.00246. The predicted molar refractivity (Wildman–Crippen MR) is 148 cm³/mol. The van der Waals surface area contributed by atoms with Crippen LogP contribution in [0.15, 0.2) is 36.9 Å². The molecule has 10 atom stereocenters. The second kappa shape index (κ2) is 13.4. The quantitative estimate of drug-likeness (QED) is 0.0960. The summed E-state index contributed by atoms with van der Waals surface area (Å²) in [6.45, 7) is -1.44. The Balaban J connectivity index is 1.25. The van der Waals surface area contributed by atoms with Crippen LogP contribution < -0.4 is 0 Å². The van der Waals surface area contributed by atoms with Gasteiger partial charge < -0.3 is 40.1 Å². The molecule has 5 unspecified atom stereocenters. The van der Waals surface area contributed by atoms with E-state index >= 15 is 0 Å². The van der Waals surface area contributed by atoms with Gasteiger partial charge in [-0.25, -0.2) is 36.9 Å². The van der Waals surface area contributed by atoms with Crippen molar-refractivity contribution in [2.75, 3.05) is 13.2 Å². The fraction of sp³-hybridized carbons (Fsp3) is 0.462. The summed E-state index contributed by atoms with van der Waals surface area (Å²) in [7, 11) is 0. The summed E-state index contributed by atoms with van der Waals surface area (Å²) in [5.41, 5.74) is -2.93. The van der Waals surface area contributed by atoms with Crippen LogP contribution in [0.4, 0.5) is 17.6 Å². The molecule has 2 saturated heterocycles. The van der Waals surface area contributed by atoms with Gasteiger partial charge in [-0.3, -0.25) is 0 Å². The van der Waals surface area contributed by atoms with Crippen LogP contribution in [-0.4, -0.2) is 131 Å². The third-order valence-electron chi connectivity index (χ3n) is 7.73. The van der Waals surface area contributed by atoms with E-state index in [-0.39, 0.29) is 22.8 Å². The molecule has 1 aromatic carbocycles. The number of aromatic nitrogens is 8. The molecule has 0 amide bonds. The summed E-state index contributed by atoms with van der Waals surface area (Å²) >= 11 is 0.691. The van der Waals surface area contributed by atoms with Crippen molar-refractivity contribution in [1.82, 2.24) is 40.0 Å². The number of nitrogens with zero attached hydrogens (tertiary/aromatic N) is 8. The Morgan fingerprint density at radius 3 is 1.66 bits per heavy atom. The lowest BCUT2D eigenvalue weighted by molar-refractivity contribution is -0.189. The molecule has 2 aliphatic heterocycles. The van der Waals surface area contributed by atoms with E-state index in [9.17, 15) is 48.2 Å². The summed E-state index contributed by atoms with van der Waals surface area (Å²) < 4.78 is 67.9. The highest BCUT2D eigenvalue weighted by atomic mass is 32.2. The Morgan fingerprint density at radius 1 is 0.702 bits per heavy atom. The van der Waals surface area contributed by atoms with Crippen molar-refractivity contribution in [2.45, 2.75) is 59.6 Å². The summed E-state index contributed by atoms with van der Waals surface area (Å²) in [6.07, 6.45) is -4.73. The lowest BCUT2D eigenvalue weighted by Gasteiger charge is -2.46. The number of hydrogen-bond acceptors (Lipinski definition) is 15. The molecule has 16 nitrogen and oxygen atoms in total. The first-order chi connectivity index (χ1) is 22.5. The van der Waals surface area contributed by atoms with Crippen molar-refractivity contribution in [2.24, 2.45) is 0 Å². The molecule has 0 bridgehead atoms. The lowest BCUT2D eigenvalue weighted by atomic mass is 9.97. The lowest BCUT2D eigenvalue weighted by Crippen LogP contribution is -2.58. The minimum Gasteiger partial charge on any atom is -0.394 e. The van der Waals surface area contributed by atoms with E-state index in [4.69, 9.17) is 9.47 Å². The van der Waals surface area contributed by atoms with Crippen molar-refractivity contribution in [1.29, 1.82) is 0 Å². The molecule has 47 heavy (non-hydrogen) atoms. The maximum atomic E-state index is 13.8. The first-order valence-electron chi connectivity index (χ1n) is 13.9. The highest BCUT2D eigenvalue weighted by molar-refractivity contribution is 8.00. The summed E-state index contributed by atoms with van der Waals surface area (Å²) in [4.78, 5) is 7.64. The van der Waals surface area contributed by atoms with E-state index in [0.29, 0.717) is 23.9 Å². The third kappa shape index (κ3) is 6.33. The smallest absolute Gasteiger partial charge is 0.194 e. The second-order valence-corrected chi connectivity index (χ2v) is 11.9. The van der Waals surface area contributed by atoms with Gasteiger partial charge in [0.25, 0.3) is 0 Å². The van der Waals surface area contributed by atoms with Crippen LogP contribution in [0, 0.1) is 23.3 Å². The number of aliphatic hydroxyl groups is 6. The first kappa shape index (κ1) is 33.2. The van der Waals surface area contributed by atoms with Gasteiger partial charge in [0, 0.05) is 5.56 Å². The van der Waals surface area contributed by atoms with E-state index < -0.39 is 96.1 Å². The number of rotatable bonds is 8. The number of ether oxygens (including phenoxy) is 2. The molecule has 0 spiro atoms. The topological polar surface area (TPSA) is 227 Å². The Bertz CT molecular complexity index is 1680. The van der Waals surface area contributed by atoms with Gasteiger partial charge in [-0.2, -0.15) is 0 Å². The van der Waals surface area contributed by atoms with Crippen molar-refractivity contribution in [3.63, 3.8) is 0 Å². The summed E-state index contributed by atoms with van der Waals surface area (Å²) in [6, 6.07) is -1.29. The molecule has 21 heteroatoms. The van der Waals surface area contributed by atoms with Crippen molar-refractivity contribution in [3.05, 3.63) is 60.2 Å². The van der Waals surface area contributed by atoms with E-state index in [1.807, 2.05) is 0 Å². The van der Waals surface area contributed by atoms with Gasteiger partial charge in [-0.05, 0) is 12.1 Å². The molecular weight excluding hydrogens is 660 g/mol. The van der Waals surface area contributed by atoms with E-state index in [0.717, 1.165) is 28.0 Å². The molecule has 6 N–H and O–H groups in total. The molecule has 3 aromatic heterocycles. The zero-order valence-corrected chi connectivity index (χ0v) is 24.5. The minimum atomic E-state index is -1.68. The zero-order chi connectivity index (χ0) is 33.6. The number of aliphatic hydroxyl groups excluding tert-OH is 6. The number of hydrogen-bond donors (Lipinski definition) is 6. The van der Waals surface area contributed by atoms with Crippen LogP contribution in [0.1, 0.15) is 12.1 Å². The maximum Gasteiger partial charge on any atom is 0.194 e. The van der Waals surface area contributed by atoms with E-state index in [1.54, 1.807) is 0 Å². The van der Waals surface area contributed by atoms with Crippen LogP contribution in [0.3, 0.4) is 0 Å². The number of thioether (sulfide) groups is 1. The van der Waals surface area contributed by atoms with Gasteiger partial charge in [0.2, 0.25) is 0 Å². The average molecular weight is 687 g/mol. The standard InChI is InChI=1S/C26H26F4N8O8S/c27-10-3-31-24(32-4-10)14-6-38(36-34-14)19-21(42)16(8-40)46-26(23(19)44)47-25-22(43)18(20(41)15(7-39)45-25)37-5-13(33-35-37)9-1-11(28)17(30)12(29)2-9/h1-6,15-16,18-23,25-26,39-44H,7-8H2/t15?,16-,18?,19?,20+,21?,22+,23-,25+,26?/m1/s1. The zero-order valence-electron chi connectivity index (χ0n) is 23.6. The van der Waals surface area contributed by atoms with Gasteiger partial charge in [-0.15, -0.1) is 10.2 Å².